The van der Waals surface area contributed by atoms with Crippen LogP contribution in [0.15, 0.2) is 12.4 Å². The van der Waals surface area contributed by atoms with Crippen LogP contribution in [0.1, 0.15) is 38.3 Å². The van der Waals surface area contributed by atoms with E-state index in [9.17, 15) is 4.79 Å². The van der Waals surface area contributed by atoms with Gasteiger partial charge >= 0.3 is 0 Å². The SMILES string of the molecule is C[C@@H]1CN(C(=O)CN2CCC[C@@H]2c2cnn(C)c2)C[C@@H](C)O1. The Hall–Kier alpha value is -1.40. The highest BCUT2D eigenvalue weighted by molar-refractivity contribution is 5.78. The van der Waals surface area contributed by atoms with Gasteiger partial charge in [0, 0.05) is 37.9 Å². The van der Waals surface area contributed by atoms with Gasteiger partial charge in [0.25, 0.3) is 0 Å². The Balaban J connectivity index is 1.63. The highest BCUT2D eigenvalue weighted by Gasteiger charge is 2.32. The molecule has 0 unspecified atom stereocenters. The van der Waals surface area contributed by atoms with Crippen LogP contribution in [-0.2, 0) is 16.6 Å². The van der Waals surface area contributed by atoms with Crippen LogP contribution in [0, 0.1) is 0 Å². The molecule has 0 saturated carbocycles. The van der Waals surface area contributed by atoms with E-state index in [1.807, 2.05) is 36.7 Å². The molecule has 2 aliphatic rings. The Morgan fingerprint density at radius 1 is 1.36 bits per heavy atom. The van der Waals surface area contributed by atoms with Crippen molar-refractivity contribution in [3.63, 3.8) is 0 Å². The van der Waals surface area contributed by atoms with Crippen LogP contribution >= 0.6 is 0 Å². The Morgan fingerprint density at radius 2 is 2.09 bits per heavy atom. The molecule has 6 nitrogen and oxygen atoms in total. The highest BCUT2D eigenvalue weighted by Crippen LogP contribution is 2.31. The van der Waals surface area contributed by atoms with Crippen LogP contribution in [0.4, 0.5) is 0 Å². The van der Waals surface area contributed by atoms with E-state index < -0.39 is 0 Å². The molecule has 0 spiro atoms. The van der Waals surface area contributed by atoms with E-state index in [1.54, 1.807) is 0 Å². The van der Waals surface area contributed by atoms with Gasteiger partial charge in [-0.15, -0.1) is 0 Å². The van der Waals surface area contributed by atoms with Crippen LogP contribution in [0.25, 0.3) is 0 Å². The lowest BCUT2D eigenvalue weighted by atomic mass is 10.1. The maximum absolute atomic E-state index is 12.6. The third-order valence-electron chi connectivity index (χ3n) is 4.58. The minimum absolute atomic E-state index is 0.125. The molecule has 0 radical (unpaired) electrons. The molecule has 1 amide bonds. The van der Waals surface area contributed by atoms with E-state index in [-0.39, 0.29) is 18.1 Å². The number of morpholine rings is 1. The molecule has 3 atom stereocenters. The molecule has 0 aliphatic carbocycles. The summed E-state index contributed by atoms with van der Waals surface area (Å²) in [5, 5.41) is 4.26. The number of nitrogens with zero attached hydrogens (tertiary/aromatic N) is 4. The molecule has 1 aromatic heterocycles. The van der Waals surface area contributed by atoms with Gasteiger partial charge < -0.3 is 9.64 Å². The fraction of sp³-hybridized carbons (Fsp3) is 0.750. The highest BCUT2D eigenvalue weighted by atomic mass is 16.5. The first-order valence-electron chi connectivity index (χ1n) is 8.18. The van der Waals surface area contributed by atoms with Gasteiger partial charge in [0.2, 0.25) is 5.91 Å². The van der Waals surface area contributed by atoms with Crippen LogP contribution in [0.3, 0.4) is 0 Å². The van der Waals surface area contributed by atoms with Crippen molar-refractivity contribution in [1.82, 2.24) is 19.6 Å². The zero-order chi connectivity index (χ0) is 15.7. The van der Waals surface area contributed by atoms with Gasteiger partial charge in [-0.05, 0) is 33.2 Å². The summed E-state index contributed by atoms with van der Waals surface area (Å²) in [5.74, 6) is 0.220. The third-order valence-corrected chi connectivity index (χ3v) is 4.58. The lowest BCUT2D eigenvalue weighted by molar-refractivity contribution is -0.144. The Morgan fingerprint density at radius 3 is 2.73 bits per heavy atom. The minimum atomic E-state index is 0.125. The zero-order valence-corrected chi connectivity index (χ0v) is 13.7. The summed E-state index contributed by atoms with van der Waals surface area (Å²) in [7, 11) is 1.93. The monoisotopic (exact) mass is 306 g/mol. The van der Waals surface area contributed by atoms with E-state index in [2.05, 4.69) is 16.2 Å². The van der Waals surface area contributed by atoms with Crippen molar-refractivity contribution < 1.29 is 9.53 Å². The maximum atomic E-state index is 12.6. The summed E-state index contributed by atoms with van der Waals surface area (Å²) in [6.45, 7) is 6.96. The minimum Gasteiger partial charge on any atom is -0.372 e. The fourth-order valence-electron chi connectivity index (χ4n) is 3.66. The average molecular weight is 306 g/mol. The molecule has 2 aliphatic heterocycles. The third kappa shape index (κ3) is 3.33. The number of ether oxygens (including phenoxy) is 1. The number of hydrogen-bond acceptors (Lipinski definition) is 4. The number of likely N-dealkylation sites (tertiary alicyclic amines) is 1. The smallest absolute Gasteiger partial charge is 0.236 e. The Bertz CT molecular complexity index is 520. The first kappa shape index (κ1) is 15.5. The van der Waals surface area contributed by atoms with E-state index in [0.717, 1.165) is 19.4 Å². The second-order valence-corrected chi connectivity index (χ2v) is 6.63. The summed E-state index contributed by atoms with van der Waals surface area (Å²) in [4.78, 5) is 16.9. The number of aromatic nitrogens is 2. The van der Waals surface area contributed by atoms with Crippen molar-refractivity contribution in [3.8, 4) is 0 Å². The van der Waals surface area contributed by atoms with Gasteiger partial charge in [-0.1, -0.05) is 0 Å². The molecule has 0 N–H and O–H groups in total. The van der Waals surface area contributed by atoms with E-state index in [4.69, 9.17) is 4.74 Å². The Kier molecular flexibility index (Phi) is 4.49. The summed E-state index contributed by atoms with van der Waals surface area (Å²) in [6.07, 6.45) is 6.48. The van der Waals surface area contributed by atoms with E-state index >= 15 is 0 Å². The van der Waals surface area contributed by atoms with Crippen molar-refractivity contribution in [2.45, 2.75) is 44.9 Å². The van der Waals surface area contributed by atoms with Crippen LogP contribution in [-0.4, -0.2) is 63.9 Å². The van der Waals surface area contributed by atoms with Crippen molar-refractivity contribution in [2.75, 3.05) is 26.2 Å². The van der Waals surface area contributed by atoms with Gasteiger partial charge in [-0.25, -0.2) is 0 Å². The molecule has 3 heterocycles. The quantitative estimate of drug-likeness (QED) is 0.842. The summed E-state index contributed by atoms with van der Waals surface area (Å²) < 4.78 is 7.54. The van der Waals surface area contributed by atoms with E-state index in [0.29, 0.717) is 25.7 Å². The van der Waals surface area contributed by atoms with Crippen molar-refractivity contribution >= 4 is 5.91 Å². The topological polar surface area (TPSA) is 50.6 Å². The molecular formula is C16H26N4O2. The first-order valence-corrected chi connectivity index (χ1v) is 8.18. The largest absolute Gasteiger partial charge is 0.372 e. The Labute approximate surface area is 132 Å². The second-order valence-electron chi connectivity index (χ2n) is 6.63. The van der Waals surface area contributed by atoms with E-state index in [1.165, 1.54) is 5.56 Å². The number of hydrogen-bond donors (Lipinski definition) is 0. The normalized spacial score (nSPS) is 30.0. The molecule has 122 valence electrons. The van der Waals surface area contributed by atoms with Gasteiger partial charge in [0.1, 0.15) is 0 Å². The van der Waals surface area contributed by atoms with Gasteiger partial charge in [0.05, 0.1) is 24.9 Å². The molecular weight excluding hydrogens is 280 g/mol. The number of rotatable bonds is 3. The van der Waals surface area contributed by atoms with Gasteiger partial charge in [0.15, 0.2) is 0 Å². The molecule has 0 bridgehead atoms. The predicted octanol–water partition coefficient (Wildman–Crippen LogP) is 1.19. The van der Waals surface area contributed by atoms with Crippen molar-refractivity contribution in [1.29, 1.82) is 0 Å². The zero-order valence-electron chi connectivity index (χ0n) is 13.7. The number of aryl methyl sites for hydroxylation is 1. The number of carbonyl (C=O) groups excluding carboxylic acids is 1. The van der Waals surface area contributed by atoms with Crippen LogP contribution < -0.4 is 0 Å². The predicted molar refractivity (Wildman–Crippen MR) is 83.3 cm³/mol. The molecule has 22 heavy (non-hydrogen) atoms. The van der Waals surface area contributed by atoms with Crippen LogP contribution in [0.2, 0.25) is 0 Å². The second kappa shape index (κ2) is 6.38. The lowest BCUT2D eigenvalue weighted by Gasteiger charge is -2.36. The molecule has 3 rings (SSSR count). The summed E-state index contributed by atoms with van der Waals surface area (Å²) in [5.41, 5.74) is 1.22. The summed E-state index contributed by atoms with van der Waals surface area (Å²) >= 11 is 0. The van der Waals surface area contributed by atoms with Gasteiger partial charge in [-0.2, -0.15) is 5.10 Å². The summed E-state index contributed by atoms with van der Waals surface area (Å²) in [6, 6.07) is 0.327. The molecule has 2 fully saturated rings. The van der Waals surface area contributed by atoms with Crippen molar-refractivity contribution in [3.05, 3.63) is 18.0 Å². The molecule has 6 heteroatoms. The molecule has 1 aromatic rings. The molecule has 2 saturated heterocycles. The first-order chi connectivity index (χ1) is 10.5. The van der Waals surface area contributed by atoms with Crippen LogP contribution in [0.5, 0.6) is 0 Å². The van der Waals surface area contributed by atoms with Crippen molar-refractivity contribution in [2.24, 2.45) is 7.05 Å². The fourth-order valence-corrected chi connectivity index (χ4v) is 3.66. The molecule has 0 aromatic carbocycles. The lowest BCUT2D eigenvalue weighted by Crippen LogP contribution is -2.51. The standard InChI is InChI=1S/C16H26N4O2/c1-12-8-20(9-13(2)22-12)16(21)11-19-6-4-5-15(19)14-7-17-18(3)10-14/h7,10,12-13,15H,4-6,8-9,11H2,1-3H3/t12-,13-,15-/m1/s1. The average Bonchev–Trinajstić information content (AvgIpc) is 3.06. The number of carbonyl (C=O) groups is 1. The van der Waals surface area contributed by atoms with Gasteiger partial charge in [-0.3, -0.25) is 14.4 Å². The number of amides is 1. The maximum Gasteiger partial charge on any atom is 0.236 e.